The van der Waals surface area contributed by atoms with E-state index in [0.29, 0.717) is 18.7 Å². The van der Waals surface area contributed by atoms with E-state index in [1.165, 1.54) is 0 Å². The van der Waals surface area contributed by atoms with E-state index in [9.17, 15) is 9.59 Å². The predicted octanol–water partition coefficient (Wildman–Crippen LogP) is 4.92. The van der Waals surface area contributed by atoms with Crippen LogP contribution in [0.2, 0.25) is 0 Å². The Kier molecular flexibility index (Phi) is 10.2. The van der Waals surface area contributed by atoms with Gasteiger partial charge < -0.3 is 19.7 Å². The van der Waals surface area contributed by atoms with E-state index < -0.39 is 6.04 Å². The van der Waals surface area contributed by atoms with E-state index in [0.717, 1.165) is 23.3 Å². The smallest absolute Gasteiger partial charge is 0.261 e. The van der Waals surface area contributed by atoms with Crippen LogP contribution in [-0.2, 0) is 16.1 Å². The predicted molar refractivity (Wildman–Crippen MR) is 132 cm³/mol. The van der Waals surface area contributed by atoms with Gasteiger partial charge in [0, 0.05) is 12.6 Å². The molecule has 2 aromatic carbocycles. The Bertz CT molecular complexity index is 895. The Balaban J connectivity index is 2.25. The van der Waals surface area contributed by atoms with Crippen molar-refractivity contribution in [2.45, 2.75) is 72.0 Å². The number of hydrogen-bond donors (Lipinski definition) is 1. The summed E-state index contributed by atoms with van der Waals surface area (Å²) in [5.41, 5.74) is 1.97. The van der Waals surface area contributed by atoms with Gasteiger partial charge in [-0.15, -0.1) is 0 Å². The molecule has 0 unspecified atom stereocenters. The zero-order valence-corrected chi connectivity index (χ0v) is 20.8. The third kappa shape index (κ3) is 7.52. The zero-order chi connectivity index (χ0) is 24.4. The van der Waals surface area contributed by atoms with Crippen LogP contribution in [0.5, 0.6) is 11.5 Å². The molecule has 0 spiro atoms. The normalized spacial score (nSPS) is 12.7. The SMILES string of the molecule is CC[C@H](C(=O)N[C@@H](C)CC)N(Cc1ccc(OC)cc1)C(=O)COc1ccccc1C(C)C. The second-order valence-corrected chi connectivity index (χ2v) is 8.59. The molecule has 0 heterocycles. The van der Waals surface area contributed by atoms with Gasteiger partial charge in [-0.2, -0.15) is 0 Å². The van der Waals surface area contributed by atoms with E-state index in [1.54, 1.807) is 12.0 Å². The summed E-state index contributed by atoms with van der Waals surface area (Å²) in [7, 11) is 1.61. The van der Waals surface area contributed by atoms with Crippen LogP contribution >= 0.6 is 0 Å². The Labute approximate surface area is 198 Å². The second kappa shape index (κ2) is 12.9. The molecule has 0 aliphatic heterocycles. The van der Waals surface area contributed by atoms with Crippen molar-refractivity contribution < 1.29 is 19.1 Å². The molecule has 2 atom stereocenters. The van der Waals surface area contributed by atoms with Crippen LogP contribution in [0.25, 0.3) is 0 Å². The molecule has 0 saturated carbocycles. The van der Waals surface area contributed by atoms with Gasteiger partial charge in [0.05, 0.1) is 7.11 Å². The highest BCUT2D eigenvalue weighted by Gasteiger charge is 2.29. The molecule has 0 radical (unpaired) electrons. The molecule has 2 rings (SSSR count). The van der Waals surface area contributed by atoms with Gasteiger partial charge in [-0.25, -0.2) is 0 Å². The Hall–Kier alpha value is -3.02. The topological polar surface area (TPSA) is 67.9 Å². The van der Waals surface area contributed by atoms with Crippen LogP contribution in [0.1, 0.15) is 64.5 Å². The van der Waals surface area contributed by atoms with Gasteiger partial charge in [0.15, 0.2) is 6.61 Å². The van der Waals surface area contributed by atoms with Gasteiger partial charge in [0.1, 0.15) is 17.5 Å². The van der Waals surface area contributed by atoms with Crippen LogP contribution in [0.4, 0.5) is 0 Å². The molecule has 0 aliphatic carbocycles. The molecular weight excluding hydrogens is 416 g/mol. The van der Waals surface area contributed by atoms with Crippen molar-refractivity contribution in [3.63, 3.8) is 0 Å². The lowest BCUT2D eigenvalue weighted by Crippen LogP contribution is -2.51. The number of benzene rings is 2. The Morgan fingerprint density at radius 2 is 1.64 bits per heavy atom. The minimum Gasteiger partial charge on any atom is -0.497 e. The van der Waals surface area contributed by atoms with E-state index >= 15 is 0 Å². The standard InChI is InChI=1S/C27H38N2O4/c1-7-20(5)28-27(31)24(8-2)29(17-21-13-15-22(32-6)16-14-21)26(30)18-33-25-12-10-9-11-23(25)19(3)4/h9-16,19-20,24H,7-8,17-18H2,1-6H3,(H,28,31)/t20-,24+/m0/s1. The van der Waals surface area contributed by atoms with E-state index in [4.69, 9.17) is 9.47 Å². The molecule has 0 saturated heterocycles. The molecule has 0 bridgehead atoms. The fourth-order valence-corrected chi connectivity index (χ4v) is 3.60. The molecular formula is C27H38N2O4. The number of amides is 2. The highest BCUT2D eigenvalue weighted by Crippen LogP contribution is 2.26. The first-order valence-corrected chi connectivity index (χ1v) is 11.7. The first kappa shape index (κ1) is 26.2. The van der Waals surface area contributed by atoms with Gasteiger partial charge in [-0.3, -0.25) is 9.59 Å². The number of carbonyl (C=O) groups is 2. The lowest BCUT2D eigenvalue weighted by Gasteiger charge is -2.31. The van der Waals surface area contributed by atoms with Gasteiger partial charge in [0.25, 0.3) is 5.91 Å². The van der Waals surface area contributed by atoms with Crippen LogP contribution in [0.15, 0.2) is 48.5 Å². The highest BCUT2D eigenvalue weighted by atomic mass is 16.5. The minimum absolute atomic E-state index is 0.0404. The lowest BCUT2D eigenvalue weighted by molar-refractivity contribution is -0.143. The maximum atomic E-state index is 13.4. The number of carbonyl (C=O) groups excluding carboxylic acids is 2. The molecule has 6 heteroatoms. The largest absolute Gasteiger partial charge is 0.497 e. The van der Waals surface area contributed by atoms with Crippen LogP contribution in [0.3, 0.4) is 0 Å². The molecule has 0 fully saturated rings. The van der Waals surface area contributed by atoms with Gasteiger partial charge in [-0.1, -0.05) is 58.0 Å². The van der Waals surface area contributed by atoms with Gasteiger partial charge in [-0.05, 0) is 55.0 Å². The molecule has 180 valence electrons. The summed E-state index contributed by atoms with van der Waals surface area (Å²) in [5.74, 6) is 1.34. The highest BCUT2D eigenvalue weighted by molar-refractivity contribution is 5.88. The number of para-hydroxylation sites is 1. The average Bonchev–Trinajstić information content (AvgIpc) is 2.82. The van der Waals surface area contributed by atoms with Crippen molar-refractivity contribution in [3.8, 4) is 11.5 Å². The number of rotatable bonds is 12. The summed E-state index contributed by atoms with van der Waals surface area (Å²) in [6, 6.07) is 14.7. The summed E-state index contributed by atoms with van der Waals surface area (Å²) in [6.45, 7) is 10.3. The van der Waals surface area contributed by atoms with Crippen LogP contribution in [-0.4, -0.2) is 42.5 Å². The summed E-state index contributed by atoms with van der Waals surface area (Å²) < 4.78 is 11.2. The second-order valence-electron chi connectivity index (χ2n) is 8.59. The fourth-order valence-electron chi connectivity index (χ4n) is 3.60. The molecule has 2 amide bonds. The van der Waals surface area contributed by atoms with Crippen molar-refractivity contribution in [2.24, 2.45) is 0 Å². The molecule has 6 nitrogen and oxygen atoms in total. The monoisotopic (exact) mass is 454 g/mol. The summed E-state index contributed by atoms with van der Waals surface area (Å²) in [4.78, 5) is 28.0. The minimum atomic E-state index is -0.586. The molecule has 1 N–H and O–H groups in total. The maximum Gasteiger partial charge on any atom is 0.261 e. The van der Waals surface area contributed by atoms with E-state index in [1.807, 2.05) is 69.3 Å². The van der Waals surface area contributed by atoms with E-state index in [2.05, 4.69) is 19.2 Å². The Morgan fingerprint density at radius 3 is 2.21 bits per heavy atom. The molecule has 33 heavy (non-hydrogen) atoms. The van der Waals surface area contributed by atoms with Crippen molar-refractivity contribution in [2.75, 3.05) is 13.7 Å². The lowest BCUT2D eigenvalue weighted by atomic mass is 10.0. The summed E-state index contributed by atoms with van der Waals surface area (Å²) in [5, 5.41) is 3.02. The van der Waals surface area contributed by atoms with Crippen molar-refractivity contribution in [1.82, 2.24) is 10.2 Å². The molecule has 0 aromatic heterocycles. The fraction of sp³-hybridized carbons (Fsp3) is 0.481. The van der Waals surface area contributed by atoms with Crippen molar-refractivity contribution >= 4 is 11.8 Å². The molecule has 2 aromatic rings. The first-order chi connectivity index (χ1) is 15.8. The van der Waals surface area contributed by atoms with Crippen LogP contribution < -0.4 is 14.8 Å². The molecule has 0 aliphatic rings. The Morgan fingerprint density at radius 1 is 0.970 bits per heavy atom. The average molecular weight is 455 g/mol. The van der Waals surface area contributed by atoms with Crippen LogP contribution in [0, 0.1) is 0 Å². The van der Waals surface area contributed by atoms with Gasteiger partial charge in [0.2, 0.25) is 5.91 Å². The number of nitrogens with zero attached hydrogens (tertiary/aromatic N) is 1. The number of ether oxygens (including phenoxy) is 2. The summed E-state index contributed by atoms with van der Waals surface area (Å²) in [6.07, 6.45) is 1.33. The number of methoxy groups -OCH3 is 1. The number of hydrogen-bond acceptors (Lipinski definition) is 4. The third-order valence-electron chi connectivity index (χ3n) is 5.79. The zero-order valence-electron chi connectivity index (χ0n) is 20.8. The van der Waals surface area contributed by atoms with Gasteiger partial charge >= 0.3 is 0 Å². The third-order valence-corrected chi connectivity index (χ3v) is 5.79. The van der Waals surface area contributed by atoms with Crippen molar-refractivity contribution in [1.29, 1.82) is 0 Å². The van der Waals surface area contributed by atoms with E-state index in [-0.39, 0.29) is 30.4 Å². The summed E-state index contributed by atoms with van der Waals surface area (Å²) >= 11 is 0. The van der Waals surface area contributed by atoms with Crippen molar-refractivity contribution in [3.05, 3.63) is 59.7 Å². The maximum absolute atomic E-state index is 13.4. The quantitative estimate of drug-likeness (QED) is 0.494. The number of nitrogens with one attached hydrogen (secondary N) is 1. The first-order valence-electron chi connectivity index (χ1n) is 11.7.